The molecule has 0 spiro atoms. The van der Waals surface area contributed by atoms with Crippen molar-refractivity contribution < 1.29 is 4.39 Å². The predicted octanol–water partition coefficient (Wildman–Crippen LogP) is 4.03. The van der Waals surface area contributed by atoms with Crippen LogP contribution in [0.1, 0.15) is 40.0 Å². The van der Waals surface area contributed by atoms with Crippen LogP contribution in [-0.2, 0) is 0 Å². The van der Waals surface area contributed by atoms with Crippen molar-refractivity contribution in [3.63, 3.8) is 0 Å². The van der Waals surface area contributed by atoms with Gasteiger partial charge in [0, 0.05) is 6.04 Å². The Hall–Kier alpha value is -1.25. The minimum atomic E-state index is -0.254. The Balaban J connectivity index is 2.44. The molecule has 0 radical (unpaired) electrons. The fraction of sp³-hybridized carbons (Fsp3) is 0.571. The van der Waals surface area contributed by atoms with Gasteiger partial charge in [0.1, 0.15) is 5.82 Å². The standard InChI is InChI=1S/C14H23FN2/c1-10(2)5-4-6-11(3)17-14-9-12(15)7-8-13(14)16/h7-11,17H,4-6,16H2,1-3H3. The van der Waals surface area contributed by atoms with Crippen molar-refractivity contribution in [1.29, 1.82) is 0 Å². The average Bonchev–Trinajstić information content (AvgIpc) is 2.23. The first kappa shape index (κ1) is 13.8. The van der Waals surface area contributed by atoms with Gasteiger partial charge in [-0.15, -0.1) is 0 Å². The van der Waals surface area contributed by atoms with E-state index < -0.39 is 0 Å². The van der Waals surface area contributed by atoms with E-state index in [9.17, 15) is 4.39 Å². The number of benzene rings is 1. The van der Waals surface area contributed by atoms with E-state index in [1.54, 1.807) is 6.07 Å². The maximum atomic E-state index is 13.1. The summed E-state index contributed by atoms with van der Waals surface area (Å²) in [4.78, 5) is 0. The van der Waals surface area contributed by atoms with Crippen molar-refractivity contribution in [2.45, 2.75) is 46.1 Å². The average molecular weight is 238 g/mol. The summed E-state index contributed by atoms with van der Waals surface area (Å²) < 4.78 is 13.1. The van der Waals surface area contributed by atoms with Crippen molar-refractivity contribution in [3.05, 3.63) is 24.0 Å². The number of nitrogen functional groups attached to an aromatic ring is 1. The quantitative estimate of drug-likeness (QED) is 0.734. The van der Waals surface area contributed by atoms with Crippen LogP contribution in [0.15, 0.2) is 18.2 Å². The minimum absolute atomic E-state index is 0.254. The molecule has 0 aromatic heterocycles. The Morgan fingerprint density at radius 3 is 2.59 bits per heavy atom. The Morgan fingerprint density at radius 1 is 1.24 bits per heavy atom. The van der Waals surface area contributed by atoms with Crippen LogP contribution in [0.5, 0.6) is 0 Å². The molecule has 0 fully saturated rings. The summed E-state index contributed by atoms with van der Waals surface area (Å²) in [6, 6.07) is 4.74. The summed E-state index contributed by atoms with van der Waals surface area (Å²) in [6.45, 7) is 6.55. The number of rotatable bonds is 6. The molecule has 17 heavy (non-hydrogen) atoms. The van der Waals surface area contributed by atoms with Crippen molar-refractivity contribution in [2.24, 2.45) is 5.92 Å². The lowest BCUT2D eigenvalue weighted by molar-refractivity contribution is 0.520. The first-order valence-electron chi connectivity index (χ1n) is 6.30. The highest BCUT2D eigenvalue weighted by atomic mass is 19.1. The lowest BCUT2D eigenvalue weighted by atomic mass is 10.0. The lowest BCUT2D eigenvalue weighted by Crippen LogP contribution is -2.16. The molecular formula is C14H23FN2. The Labute approximate surface area is 103 Å². The monoisotopic (exact) mass is 238 g/mol. The number of anilines is 2. The molecule has 1 atom stereocenters. The van der Waals surface area contributed by atoms with Crippen LogP contribution in [0.25, 0.3) is 0 Å². The number of halogens is 1. The van der Waals surface area contributed by atoms with Gasteiger partial charge in [-0.05, 0) is 37.5 Å². The van der Waals surface area contributed by atoms with Crippen molar-refractivity contribution in [2.75, 3.05) is 11.1 Å². The zero-order chi connectivity index (χ0) is 12.8. The Kier molecular flexibility index (Phi) is 5.26. The molecule has 1 rings (SSSR count). The molecule has 3 heteroatoms. The van der Waals surface area contributed by atoms with Gasteiger partial charge >= 0.3 is 0 Å². The first-order valence-corrected chi connectivity index (χ1v) is 6.30. The third-order valence-electron chi connectivity index (χ3n) is 2.84. The highest BCUT2D eigenvalue weighted by Crippen LogP contribution is 2.21. The van der Waals surface area contributed by atoms with E-state index in [2.05, 4.69) is 26.1 Å². The van der Waals surface area contributed by atoms with Crippen molar-refractivity contribution >= 4 is 11.4 Å². The van der Waals surface area contributed by atoms with Gasteiger partial charge in [0.2, 0.25) is 0 Å². The van der Waals surface area contributed by atoms with Gasteiger partial charge in [-0.1, -0.05) is 26.7 Å². The molecule has 1 aromatic carbocycles. The van der Waals surface area contributed by atoms with Gasteiger partial charge in [-0.25, -0.2) is 4.39 Å². The van der Waals surface area contributed by atoms with E-state index >= 15 is 0 Å². The van der Waals surface area contributed by atoms with Crippen LogP contribution in [0.3, 0.4) is 0 Å². The fourth-order valence-electron chi connectivity index (χ4n) is 1.82. The van der Waals surface area contributed by atoms with Gasteiger partial charge in [0.15, 0.2) is 0 Å². The van der Waals surface area contributed by atoms with Crippen LogP contribution in [0.4, 0.5) is 15.8 Å². The van der Waals surface area contributed by atoms with Crippen molar-refractivity contribution in [3.8, 4) is 0 Å². The molecule has 0 heterocycles. The van der Waals surface area contributed by atoms with Crippen LogP contribution >= 0.6 is 0 Å². The topological polar surface area (TPSA) is 38.0 Å². The highest BCUT2D eigenvalue weighted by molar-refractivity contribution is 5.66. The summed E-state index contributed by atoms with van der Waals surface area (Å²) in [7, 11) is 0. The van der Waals surface area contributed by atoms with E-state index in [-0.39, 0.29) is 5.82 Å². The van der Waals surface area contributed by atoms with E-state index in [1.165, 1.54) is 25.0 Å². The smallest absolute Gasteiger partial charge is 0.125 e. The second kappa shape index (κ2) is 6.48. The predicted molar refractivity (Wildman–Crippen MR) is 72.6 cm³/mol. The van der Waals surface area contributed by atoms with Gasteiger partial charge < -0.3 is 11.1 Å². The zero-order valence-corrected chi connectivity index (χ0v) is 11.0. The number of nitrogens with two attached hydrogens (primary N) is 1. The summed E-state index contributed by atoms with van der Waals surface area (Å²) in [5, 5.41) is 3.26. The minimum Gasteiger partial charge on any atom is -0.397 e. The summed E-state index contributed by atoms with van der Waals surface area (Å²) in [5.41, 5.74) is 7.08. The highest BCUT2D eigenvalue weighted by Gasteiger charge is 2.06. The second-order valence-electron chi connectivity index (χ2n) is 5.10. The molecule has 0 aliphatic rings. The summed E-state index contributed by atoms with van der Waals surface area (Å²) >= 11 is 0. The molecular weight excluding hydrogens is 215 g/mol. The molecule has 1 unspecified atom stereocenters. The zero-order valence-electron chi connectivity index (χ0n) is 11.0. The van der Waals surface area contributed by atoms with Gasteiger partial charge in [0.25, 0.3) is 0 Å². The van der Waals surface area contributed by atoms with Crippen LogP contribution in [0.2, 0.25) is 0 Å². The van der Waals surface area contributed by atoms with Gasteiger partial charge in [-0.3, -0.25) is 0 Å². The maximum absolute atomic E-state index is 13.1. The molecule has 0 saturated carbocycles. The number of nitrogens with one attached hydrogen (secondary N) is 1. The summed E-state index contributed by atoms with van der Waals surface area (Å²) in [5.74, 6) is 0.484. The molecule has 96 valence electrons. The summed E-state index contributed by atoms with van der Waals surface area (Å²) in [6.07, 6.45) is 3.49. The van der Waals surface area contributed by atoms with E-state index in [4.69, 9.17) is 5.73 Å². The Morgan fingerprint density at radius 2 is 1.94 bits per heavy atom. The molecule has 0 aliphatic heterocycles. The maximum Gasteiger partial charge on any atom is 0.125 e. The van der Waals surface area contributed by atoms with E-state index in [1.807, 2.05) is 0 Å². The lowest BCUT2D eigenvalue weighted by Gasteiger charge is -2.17. The first-order chi connectivity index (χ1) is 7.99. The molecule has 2 nitrogen and oxygen atoms in total. The fourth-order valence-corrected chi connectivity index (χ4v) is 1.82. The van der Waals surface area contributed by atoms with Crippen molar-refractivity contribution in [1.82, 2.24) is 0 Å². The Bertz CT molecular complexity index is 350. The van der Waals surface area contributed by atoms with E-state index in [0.717, 1.165) is 12.3 Å². The molecule has 0 saturated heterocycles. The molecule has 0 bridgehead atoms. The van der Waals surface area contributed by atoms with Crippen LogP contribution in [-0.4, -0.2) is 6.04 Å². The van der Waals surface area contributed by atoms with Gasteiger partial charge in [-0.2, -0.15) is 0 Å². The second-order valence-corrected chi connectivity index (χ2v) is 5.10. The van der Waals surface area contributed by atoms with Crippen LogP contribution in [0, 0.1) is 11.7 Å². The molecule has 0 amide bonds. The van der Waals surface area contributed by atoms with E-state index in [0.29, 0.717) is 17.4 Å². The third kappa shape index (κ3) is 5.07. The SMILES string of the molecule is CC(C)CCCC(C)Nc1cc(F)ccc1N. The third-order valence-corrected chi connectivity index (χ3v) is 2.84. The normalized spacial score (nSPS) is 12.8. The molecule has 1 aromatic rings. The molecule has 3 N–H and O–H groups in total. The number of hydrogen-bond acceptors (Lipinski definition) is 2. The molecule has 0 aliphatic carbocycles. The number of hydrogen-bond donors (Lipinski definition) is 2. The van der Waals surface area contributed by atoms with Crippen LogP contribution < -0.4 is 11.1 Å². The largest absolute Gasteiger partial charge is 0.397 e. The van der Waals surface area contributed by atoms with Gasteiger partial charge in [0.05, 0.1) is 11.4 Å².